The summed E-state index contributed by atoms with van der Waals surface area (Å²) in [6.45, 7) is 1.90. The Hall–Kier alpha value is 0.537. The van der Waals surface area contributed by atoms with Crippen LogP contribution in [0.15, 0.2) is 11.8 Å². The van der Waals surface area contributed by atoms with E-state index in [1.165, 1.54) is 0 Å². The van der Waals surface area contributed by atoms with Gasteiger partial charge >= 0.3 is 0 Å². The Morgan fingerprint density at radius 3 is 2.00 bits per heavy atom. The summed E-state index contributed by atoms with van der Waals surface area (Å²) in [6, 6.07) is 0. The van der Waals surface area contributed by atoms with Gasteiger partial charge in [0, 0.05) is 0 Å². The van der Waals surface area contributed by atoms with E-state index in [-0.39, 0.29) is 0 Å². The summed E-state index contributed by atoms with van der Waals surface area (Å²) < 4.78 is 0. The fourth-order valence-corrected chi connectivity index (χ4v) is 1.13. The third kappa shape index (κ3) is 4.54. The molecule has 1 radical (unpaired) electrons. The molecule has 0 nitrogen and oxygen atoms in total. The van der Waals surface area contributed by atoms with Crippen LogP contribution < -0.4 is 0 Å². The van der Waals surface area contributed by atoms with Crippen LogP contribution in [0.2, 0.25) is 0 Å². The average molecular weight is 140 g/mol. The molecule has 0 aromatic heterocycles. The summed E-state index contributed by atoms with van der Waals surface area (Å²) in [5.41, 5.74) is 1.80. The Bertz CT molecular complexity index is 50.8. The van der Waals surface area contributed by atoms with Crippen molar-refractivity contribution in [3.05, 3.63) is 11.8 Å². The van der Waals surface area contributed by atoms with Gasteiger partial charge in [-0.2, -0.15) is 0 Å². The first-order chi connectivity index (χ1) is 2.77. The molecule has 0 bridgehead atoms. The Balaban J connectivity index is 3.03. The molecule has 0 amide bonds. The second kappa shape index (κ2) is 3.72. The second-order valence-corrected chi connectivity index (χ2v) is 4.73. The number of allylic oxidation sites excluding steroid dienone is 1. The zero-order valence-electron chi connectivity index (χ0n) is 3.41. The molecular formula is C3H5Cl2Si. The molecule has 0 aliphatic heterocycles. The lowest BCUT2D eigenvalue weighted by atomic mass is 10.8. The first kappa shape index (κ1) is 6.54. The van der Waals surface area contributed by atoms with E-state index in [4.69, 9.17) is 22.2 Å². The van der Waals surface area contributed by atoms with Gasteiger partial charge in [-0.05, 0) is 6.92 Å². The normalized spacial score (nSPS) is 11.3. The quantitative estimate of drug-likeness (QED) is 0.386. The molecule has 0 rings (SSSR count). The first-order valence-corrected chi connectivity index (χ1v) is 5.18. The van der Waals surface area contributed by atoms with Crippen LogP contribution in [0.5, 0.6) is 0 Å². The SMILES string of the molecule is CC=C[Si](Cl)Cl. The van der Waals surface area contributed by atoms with Gasteiger partial charge in [0.15, 0.2) is 0 Å². The lowest BCUT2D eigenvalue weighted by Gasteiger charge is -1.76. The minimum atomic E-state index is -1.12. The minimum absolute atomic E-state index is 1.12. The largest absolute Gasteiger partial charge is 0.299 e. The summed E-state index contributed by atoms with van der Waals surface area (Å²) in [4.78, 5) is 0. The highest BCUT2D eigenvalue weighted by molar-refractivity contribution is 7.36. The Labute approximate surface area is 48.8 Å². The van der Waals surface area contributed by atoms with Crippen molar-refractivity contribution in [2.75, 3.05) is 0 Å². The number of halogens is 2. The Kier molecular flexibility index (Phi) is 4.05. The summed E-state index contributed by atoms with van der Waals surface area (Å²) in [5, 5.41) is 0. The molecule has 0 aliphatic carbocycles. The molecule has 0 atom stereocenters. The maximum atomic E-state index is 5.36. The lowest BCUT2D eigenvalue weighted by molar-refractivity contribution is 1.78. The van der Waals surface area contributed by atoms with Crippen molar-refractivity contribution >= 4 is 29.6 Å². The maximum Gasteiger partial charge on any atom is 0.299 e. The molecular weight excluding hydrogens is 135 g/mol. The molecule has 0 aromatic carbocycles. The van der Waals surface area contributed by atoms with Gasteiger partial charge in [-0.15, -0.1) is 22.2 Å². The van der Waals surface area contributed by atoms with Crippen LogP contribution in [-0.4, -0.2) is 7.42 Å². The molecule has 3 heteroatoms. The van der Waals surface area contributed by atoms with E-state index in [1.807, 2.05) is 13.0 Å². The van der Waals surface area contributed by atoms with Crippen molar-refractivity contribution in [1.82, 2.24) is 0 Å². The predicted molar refractivity (Wildman–Crippen MR) is 32.3 cm³/mol. The summed E-state index contributed by atoms with van der Waals surface area (Å²) >= 11 is 10.7. The van der Waals surface area contributed by atoms with E-state index in [1.54, 1.807) is 5.70 Å². The van der Waals surface area contributed by atoms with Crippen LogP contribution in [0.3, 0.4) is 0 Å². The maximum absolute atomic E-state index is 5.36. The highest BCUT2D eigenvalue weighted by atomic mass is 35.7. The molecule has 0 unspecified atom stereocenters. The van der Waals surface area contributed by atoms with Gasteiger partial charge in [0.05, 0.1) is 0 Å². The zero-order chi connectivity index (χ0) is 4.99. The van der Waals surface area contributed by atoms with Gasteiger partial charge in [-0.1, -0.05) is 11.8 Å². The standard InChI is InChI=1S/C3H5Cl2Si/c1-2-3-6(4)5/h2-3H,1H3. The van der Waals surface area contributed by atoms with E-state index in [9.17, 15) is 0 Å². The molecule has 35 valence electrons. The molecule has 0 aliphatic rings. The van der Waals surface area contributed by atoms with E-state index in [2.05, 4.69) is 0 Å². The third-order valence-electron chi connectivity index (χ3n) is 0.293. The molecule has 0 heterocycles. The highest BCUT2D eigenvalue weighted by Gasteiger charge is 1.90. The van der Waals surface area contributed by atoms with Crippen LogP contribution in [0.4, 0.5) is 0 Å². The molecule has 0 N–H and O–H groups in total. The number of hydrogen-bond acceptors (Lipinski definition) is 0. The van der Waals surface area contributed by atoms with Gasteiger partial charge in [0.25, 0.3) is 7.42 Å². The van der Waals surface area contributed by atoms with Crippen LogP contribution in [-0.2, 0) is 0 Å². The first-order valence-electron chi connectivity index (χ1n) is 1.58. The van der Waals surface area contributed by atoms with Crippen molar-refractivity contribution < 1.29 is 0 Å². The summed E-state index contributed by atoms with van der Waals surface area (Å²) in [5.74, 6) is 0. The monoisotopic (exact) mass is 139 g/mol. The number of rotatable bonds is 1. The van der Waals surface area contributed by atoms with Crippen molar-refractivity contribution in [2.24, 2.45) is 0 Å². The van der Waals surface area contributed by atoms with E-state index < -0.39 is 7.42 Å². The van der Waals surface area contributed by atoms with Crippen molar-refractivity contribution in [3.8, 4) is 0 Å². The average Bonchev–Trinajstić information content (AvgIpc) is 1.35. The topological polar surface area (TPSA) is 0 Å². The minimum Gasteiger partial charge on any atom is -0.141 e. The van der Waals surface area contributed by atoms with Gasteiger partial charge in [-0.3, -0.25) is 0 Å². The Morgan fingerprint density at radius 2 is 2.00 bits per heavy atom. The lowest BCUT2D eigenvalue weighted by Crippen LogP contribution is -1.80. The van der Waals surface area contributed by atoms with E-state index in [0.717, 1.165) is 0 Å². The fraction of sp³-hybridized carbons (Fsp3) is 0.333. The second-order valence-electron chi connectivity index (χ2n) is 0.790. The van der Waals surface area contributed by atoms with Crippen LogP contribution >= 0.6 is 22.2 Å². The molecule has 0 fully saturated rings. The van der Waals surface area contributed by atoms with Gasteiger partial charge in [0.1, 0.15) is 0 Å². The predicted octanol–water partition coefficient (Wildman–Crippen LogP) is 2.07. The summed E-state index contributed by atoms with van der Waals surface area (Å²) in [6.07, 6.45) is 1.86. The Morgan fingerprint density at radius 1 is 1.50 bits per heavy atom. The van der Waals surface area contributed by atoms with Crippen molar-refractivity contribution in [1.29, 1.82) is 0 Å². The van der Waals surface area contributed by atoms with Crippen LogP contribution in [0, 0.1) is 0 Å². The van der Waals surface area contributed by atoms with Crippen LogP contribution in [0.25, 0.3) is 0 Å². The highest BCUT2D eigenvalue weighted by Crippen LogP contribution is 1.94. The molecule has 0 saturated carbocycles. The smallest absolute Gasteiger partial charge is 0.141 e. The zero-order valence-corrected chi connectivity index (χ0v) is 5.92. The third-order valence-corrected chi connectivity index (χ3v) is 1.63. The summed E-state index contributed by atoms with van der Waals surface area (Å²) in [7, 11) is -1.12. The van der Waals surface area contributed by atoms with Gasteiger partial charge in [0.2, 0.25) is 0 Å². The van der Waals surface area contributed by atoms with E-state index in [0.29, 0.717) is 0 Å². The molecule has 6 heavy (non-hydrogen) atoms. The van der Waals surface area contributed by atoms with Gasteiger partial charge < -0.3 is 0 Å². The molecule has 0 spiro atoms. The van der Waals surface area contributed by atoms with Gasteiger partial charge in [-0.25, -0.2) is 0 Å². The number of hydrogen-bond donors (Lipinski definition) is 0. The van der Waals surface area contributed by atoms with Crippen LogP contribution in [0.1, 0.15) is 6.92 Å². The fourth-order valence-electron chi connectivity index (χ4n) is 0.126. The molecule has 0 aromatic rings. The van der Waals surface area contributed by atoms with Crippen molar-refractivity contribution in [3.63, 3.8) is 0 Å². The van der Waals surface area contributed by atoms with E-state index >= 15 is 0 Å². The molecule has 0 saturated heterocycles. The van der Waals surface area contributed by atoms with Crippen molar-refractivity contribution in [2.45, 2.75) is 6.92 Å².